The molecule has 0 aromatic heterocycles. The molecule has 0 aromatic carbocycles. The van der Waals surface area contributed by atoms with E-state index in [4.69, 9.17) is 4.74 Å². The Kier molecular flexibility index (Phi) is 9.06. The van der Waals surface area contributed by atoms with Gasteiger partial charge in [0.15, 0.2) is 0 Å². The molecule has 0 fully saturated rings. The normalized spacial score (nSPS) is 12.3. The number of aliphatic imine (C=N–C) groups is 1. The third-order valence-corrected chi connectivity index (χ3v) is 2.02. The molecule has 3 heteroatoms. The van der Waals surface area contributed by atoms with Crippen molar-refractivity contribution in [2.75, 3.05) is 6.61 Å². The fourth-order valence-corrected chi connectivity index (χ4v) is 1.30. The van der Waals surface area contributed by atoms with Gasteiger partial charge in [-0.05, 0) is 34.1 Å². The van der Waals surface area contributed by atoms with Gasteiger partial charge in [-0.3, -0.25) is 0 Å². The Morgan fingerprint density at radius 1 is 1.12 bits per heavy atom. The maximum atomic E-state index is 5.65. The van der Waals surface area contributed by atoms with Crippen LogP contribution < -0.4 is 5.32 Å². The van der Waals surface area contributed by atoms with Crippen LogP contribution in [-0.2, 0) is 4.74 Å². The molecule has 0 aromatic rings. The largest absolute Gasteiger partial charge is 0.465 e. The summed E-state index contributed by atoms with van der Waals surface area (Å²) in [6.07, 6.45) is 4.91. The van der Waals surface area contributed by atoms with E-state index < -0.39 is 0 Å². The summed E-state index contributed by atoms with van der Waals surface area (Å²) in [5, 5.41) is 3.23. The van der Waals surface area contributed by atoms with Crippen LogP contribution in [0.4, 0.5) is 0 Å². The summed E-state index contributed by atoms with van der Waals surface area (Å²) in [6.45, 7) is 11.3. The third-order valence-electron chi connectivity index (χ3n) is 2.02. The molecule has 96 valence electrons. The molecule has 0 unspecified atom stereocenters. The van der Waals surface area contributed by atoms with Gasteiger partial charge in [0.1, 0.15) is 0 Å². The molecule has 0 bridgehead atoms. The Morgan fingerprint density at radius 3 is 2.31 bits per heavy atom. The Bertz CT molecular complexity index is 188. The van der Waals surface area contributed by atoms with Crippen molar-refractivity contribution in [1.82, 2.24) is 5.32 Å². The average molecular weight is 228 g/mol. The van der Waals surface area contributed by atoms with E-state index in [0.717, 1.165) is 13.0 Å². The minimum absolute atomic E-state index is 0.275. The lowest BCUT2D eigenvalue weighted by Gasteiger charge is -2.15. The molecular formula is C13H28N2O. The van der Waals surface area contributed by atoms with E-state index in [2.05, 4.69) is 44.9 Å². The van der Waals surface area contributed by atoms with Gasteiger partial charge < -0.3 is 10.1 Å². The summed E-state index contributed by atoms with van der Waals surface area (Å²) in [7, 11) is 0. The molecule has 0 spiro atoms. The van der Waals surface area contributed by atoms with Crippen LogP contribution in [0.3, 0.4) is 0 Å². The van der Waals surface area contributed by atoms with E-state index >= 15 is 0 Å². The summed E-state index contributed by atoms with van der Waals surface area (Å²) in [5.41, 5.74) is 0. The van der Waals surface area contributed by atoms with Crippen LogP contribution in [0.1, 0.15) is 60.3 Å². The second kappa shape index (κ2) is 9.49. The van der Waals surface area contributed by atoms with Crippen LogP contribution in [0.2, 0.25) is 0 Å². The lowest BCUT2D eigenvalue weighted by molar-refractivity contribution is 0.272. The molecule has 0 rings (SSSR count). The van der Waals surface area contributed by atoms with Gasteiger partial charge in [-0.2, -0.15) is 0 Å². The quantitative estimate of drug-likeness (QED) is 0.412. The summed E-state index contributed by atoms with van der Waals surface area (Å²) in [5.74, 6) is 0. The lowest BCUT2D eigenvalue weighted by atomic mass is 10.2. The van der Waals surface area contributed by atoms with E-state index in [1.807, 2.05) is 0 Å². The van der Waals surface area contributed by atoms with Gasteiger partial charge >= 0.3 is 0 Å². The Labute approximate surface area is 101 Å². The molecule has 16 heavy (non-hydrogen) atoms. The highest BCUT2D eigenvalue weighted by molar-refractivity contribution is 5.73. The second-order valence-electron chi connectivity index (χ2n) is 4.74. The fraction of sp³-hybridized carbons (Fsp3) is 0.923. The topological polar surface area (TPSA) is 33.6 Å². The first-order chi connectivity index (χ1) is 7.56. The highest BCUT2D eigenvalue weighted by Gasteiger charge is 2.03. The molecule has 0 saturated heterocycles. The van der Waals surface area contributed by atoms with Gasteiger partial charge in [0.25, 0.3) is 6.02 Å². The number of nitrogens with one attached hydrogen (secondary N) is 1. The zero-order valence-corrected chi connectivity index (χ0v) is 11.5. The van der Waals surface area contributed by atoms with Crippen LogP contribution in [0, 0.1) is 0 Å². The van der Waals surface area contributed by atoms with Gasteiger partial charge in [-0.25, -0.2) is 4.99 Å². The molecule has 0 radical (unpaired) electrons. The van der Waals surface area contributed by atoms with E-state index in [0.29, 0.717) is 12.1 Å². The zero-order valence-electron chi connectivity index (χ0n) is 11.5. The minimum Gasteiger partial charge on any atom is -0.465 e. The molecule has 0 aliphatic heterocycles. The van der Waals surface area contributed by atoms with Crippen molar-refractivity contribution < 1.29 is 4.74 Å². The SMILES string of the molecule is CCCCCCOC(=NC(C)C)NC(C)C. The number of unbranched alkanes of at least 4 members (excludes halogenated alkanes) is 3. The van der Waals surface area contributed by atoms with Crippen LogP contribution >= 0.6 is 0 Å². The molecule has 0 amide bonds. The molecule has 0 atom stereocenters. The number of hydrogen-bond donors (Lipinski definition) is 1. The number of amidine groups is 1. The highest BCUT2D eigenvalue weighted by atomic mass is 16.5. The van der Waals surface area contributed by atoms with E-state index in [1.165, 1.54) is 19.3 Å². The number of rotatable bonds is 7. The highest BCUT2D eigenvalue weighted by Crippen LogP contribution is 2.00. The fourth-order valence-electron chi connectivity index (χ4n) is 1.30. The van der Waals surface area contributed by atoms with Gasteiger partial charge in [0, 0.05) is 12.1 Å². The summed E-state index contributed by atoms with van der Waals surface area (Å²) in [4.78, 5) is 4.42. The zero-order chi connectivity index (χ0) is 12.4. The van der Waals surface area contributed by atoms with Gasteiger partial charge in [-0.15, -0.1) is 0 Å². The molecule has 0 saturated carbocycles. The van der Waals surface area contributed by atoms with Crippen molar-refractivity contribution >= 4 is 6.02 Å². The van der Waals surface area contributed by atoms with Gasteiger partial charge in [-0.1, -0.05) is 26.2 Å². The van der Waals surface area contributed by atoms with Crippen LogP contribution in [0.25, 0.3) is 0 Å². The predicted molar refractivity (Wildman–Crippen MR) is 70.9 cm³/mol. The molecular weight excluding hydrogens is 200 g/mol. The van der Waals surface area contributed by atoms with E-state index in [-0.39, 0.29) is 6.04 Å². The van der Waals surface area contributed by atoms with E-state index in [1.54, 1.807) is 0 Å². The first-order valence-electron chi connectivity index (χ1n) is 6.53. The van der Waals surface area contributed by atoms with Crippen molar-refractivity contribution in [3.8, 4) is 0 Å². The van der Waals surface area contributed by atoms with Crippen molar-refractivity contribution in [2.24, 2.45) is 4.99 Å². The molecule has 3 nitrogen and oxygen atoms in total. The number of nitrogens with zero attached hydrogens (tertiary/aromatic N) is 1. The molecule has 0 aliphatic rings. The van der Waals surface area contributed by atoms with Crippen molar-refractivity contribution in [2.45, 2.75) is 72.4 Å². The van der Waals surface area contributed by atoms with Gasteiger partial charge in [0.05, 0.1) is 6.61 Å². The molecule has 0 aliphatic carbocycles. The summed E-state index contributed by atoms with van der Waals surface area (Å²) in [6, 6.07) is 1.34. The maximum absolute atomic E-state index is 5.65. The minimum atomic E-state index is 0.275. The Balaban J connectivity index is 3.84. The monoisotopic (exact) mass is 228 g/mol. The summed E-state index contributed by atoms with van der Waals surface area (Å²) >= 11 is 0. The maximum Gasteiger partial charge on any atom is 0.285 e. The first-order valence-corrected chi connectivity index (χ1v) is 6.53. The standard InChI is InChI=1S/C13H28N2O/c1-6-7-8-9-10-16-13(14-11(2)3)15-12(4)5/h11-12H,6-10H2,1-5H3,(H,14,15). The van der Waals surface area contributed by atoms with Crippen molar-refractivity contribution in [3.05, 3.63) is 0 Å². The third kappa shape index (κ3) is 9.81. The molecule has 0 heterocycles. The molecule has 1 N–H and O–H groups in total. The Hall–Kier alpha value is -0.730. The van der Waals surface area contributed by atoms with Crippen LogP contribution in [0.15, 0.2) is 4.99 Å². The van der Waals surface area contributed by atoms with Crippen LogP contribution in [-0.4, -0.2) is 24.7 Å². The average Bonchev–Trinajstić information content (AvgIpc) is 2.15. The smallest absolute Gasteiger partial charge is 0.285 e. The lowest BCUT2D eigenvalue weighted by Crippen LogP contribution is -2.33. The number of ether oxygens (including phenoxy) is 1. The van der Waals surface area contributed by atoms with E-state index in [9.17, 15) is 0 Å². The van der Waals surface area contributed by atoms with Crippen molar-refractivity contribution in [3.63, 3.8) is 0 Å². The van der Waals surface area contributed by atoms with Gasteiger partial charge in [0.2, 0.25) is 0 Å². The number of hydrogen-bond acceptors (Lipinski definition) is 2. The first kappa shape index (κ1) is 15.3. The second-order valence-corrected chi connectivity index (χ2v) is 4.74. The van der Waals surface area contributed by atoms with Crippen LogP contribution in [0.5, 0.6) is 0 Å². The predicted octanol–water partition coefficient (Wildman–Crippen LogP) is 3.35. The Morgan fingerprint density at radius 2 is 1.81 bits per heavy atom. The van der Waals surface area contributed by atoms with Crippen molar-refractivity contribution in [1.29, 1.82) is 0 Å². The summed E-state index contributed by atoms with van der Waals surface area (Å²) < 4.78 is 5.65.